The van der Waals surface area contributed by atoms with E-state index in [2.05, 4.69) is 31.8 Å². The number of anilines is 1. The molecule has 0 bridgehead atoms. The summed E-state index contributed by atoms with van der Waals surface area (Å²) in [4.78, 5) is 4.49. The molecule has 1 heterocycles. The Bertz CT molecular complexity index is 1030. The minimum absolute atomic E-state index is 0.266. The van der Waals surface area contributed by atoms with E-state index in [1.54, 1.807) is 6.07 Å². The first-order valence-corrected chi connectivity index (χ1v) is 11.5. The van der Waals surface area contributed by atoms with Crippen molar-refractivity contribution in [2.24, 2.45) is 0 Å². The van der Waals surface area contributed by atoms with Crippen molar-refractivity contribution < 1.29 is 9.84 Å². The van der Waals surface area contributed by atoms with E-state index < -0.39 is 6.10 Å². The van der Waals surface area contributed by atoms with Gasteiger partial charge < -0.3 is 14.7 Å². The zero-order valence-electron chi connectivity index (χ0n) is 16.4. The third kappa shape index (κ3) is 5.40. The summed E-state index contributed by atoms with van der Waals surface area (Å²) in [7, 11) is 0. The van der Waals surface area contributed by atoms with E-state index in [1.165, 1.54) is 0 Å². The molecule has 1 aliphatic rings. The highest BCUT2D eigenvalue weighted by molar-refractivity contribution is 9.10. The lowest BCUT2D eigenvalue weighted by Crippen LogP contribution is -2.49. The zero-order chi connectivity index (χ0) is 21.1. The number of hydrogen-bond donors (Lipinski definition) is 1. The summed E-state index contributed by atoms with van der Waals surface area (Å²) < 4.78 is 6.89. The molecule has 0 aliphatic carbocycles. The maximum Gasteiger partial charge on any atom is 0.120 e. The van der Waals surface area contributed by atoms with E-state index in [0.29, 0.717) is 16.6 Å². The van der Waals surface area contributed by atoms with E-state index in [4.69, 9.17) is 27.9 Å². The Morgan fingerprint density at radius 2 is 1.67 bits per heavy atom. The van der Waals surface area contributed by atoms with Gasteiger partial charge in [-0.05, 0) is 53.2 Å². The van der Waals surface area contributed by atoms with Crippen molar-refractivity contribution in [1.82, 2.24) is 4.90 Å². The number of aliphatic hydroxyl groups is 1. The molecule has 7 heteroatoms. The van der Waals surface area contributed by atoms with Gasteiger partial charge in [0.1, 0.15) is 18.5 Å². The smallest absolute Gasteiger partial charge is 0.120 e. The molecule has 0 aromatic heterocycles. The molecule has 3 aromatic carbocycles. The van der Waals surface area contributed by atoms with Crippen LogP contribution in [-0.4, -0.2) is 55.4 Å². The summed E-state index contributed by atoms with van der Waals surface area (Å²) >= 11 is 15.9. The Morgan fingerprint density at radius 1 is 0.933 bits per heavy atom. The van der Waals surface area contributed by atoms with E-state index >= 15 is 0 Å². The van der Waals surface area contributed by atoms with Gasteiger partial charge in [-0.1, -0.05) is 51.3 Å². The molecule has 0 radical (unpaired) electrons. The number of benzene rings is 3. The third-order valence-electron chi connectivity index (χ3n) is 5.31. The van der Waals surface area contributed by atoms with E-state index in [-0.39, 0.29) is 6.61 Å². The molecule has 4 rings (SSSR count). The molecule has 1 N–H and O–H groups in total. The standard InChI is InChI=1S/C23H23BrCl2N2O2/c24-18-3-1-17-12-21(5-2-16(17)11-18)30-15-20(29)14-27-7-9-28(10-8-27)23-13-19(25)4-6-22(23)26/h1-6,11-13,20,29H,7-10,14-15H2/t20-/m1/s1. The van der Waals surface area contributed by atoms with Crippen LogP contribution < -0.4 is 9.64 Å². The van der Waals surface area contributed by atoms with Gasteiger partial charge in [-0.25, -0.2) is 0 Å². The predicted octanol–water partition coefficient (Wildman–Crippen LogP) is 5.47. The average Bonchev–Trinajstić information content (AvgIpc) is 2.74. The molecule has 0 unspecified atom stereocenters. The number of ether oxygens (including phenoxy) is 1. The molecule has 3 aromatic rings. The van der Waals surface area contributed by atoms with Gasteiger partial charge in [-0.3, -0.25) is 4.90 Å². The number of fused-ring (bicyclic) bond motifs is 1. The minimum atomic E-state index is -0.549. The molecule has 0 amide bonds. The van der Waals surface area contributed by atoms with E-state index in [0.717, 1.165) is 52.9 Å². The largest absolute Gasteiger partial charge is 0.491 e. The molecule has 30 heavy (non-hydrogen) atoms. The molecular weight excluding hydrogens is 487 g/mol. The molecular formula is C23H23BrCl2N2O2. The highest BCUT2D eigenvalue weighted by Crippen LogP contribution is 2.30. The van der Waals surface area contributed by atoms with Crippen molar-refractivity contribution in [3.8, 4) is 5.75 Å². The Labute approximate surface area is 195 Å². The fourth-order valence-electron chi connectivity index (χ4n) is 3.73. The second-order valence-corrected chi connectivity index (χ2v) is 9.26. The normalized spacial score (nSPS) is 16.1. The van der Waals surface area contributed by atoms with Gasteiger partial charge in [0.05, 0.1) is 10.7 Å². The number of piperazine rings is 1. The maximum atomic E-state index is 10.5. The van der Waals surface area contributed by atoms with Gasteiger partial charge in [0, 0.05) is 42.2 Å². The number of halogens is 3. The van der Waals surface area contributed by atoms with E-state index in [1.807, 2.05) is 42.5 Å². The maximum absolute atomic E-state index is 10.5. The van der Waals surface area contributed by atoms with Crippen LogP contribution in [0.15, 0.2) is 59.1 Å². The van der Waals surface area contributed by atoms with Crippen molar-refractivity contribution in [3.05, 3.63) is 69.1 Å². The van der Waals surface area contributed by atoms with Crippen LogP contribution in [0.4, 0.5) is 5.69 Å². The fourth-order valence-corrected chi connectivity index (χ4v) is 4.51. The van der Waals surface area contributed by atoms with Crippen molar-refractivity contribution >= 4 is 55.6 Å². The Hall–Kier alpha value is -1.50. The van der Waals surface area contributed by atoms with Crippen LogP contribution in [-0.2, 0) is 0 Å². The third-order valence-corrected chi connectivity index (χ3v) is 6.35. The predicted molar refractivity (Wildman–Crippen MR) is 128 cm³/mol. The Morgan fingerprint density at radius 3 is 2.47 bits per heavy atom. The lowest BCUT2D eigenvalue weighted by Gasteiger charge is -2.37. The first-order chi connectivity index (χ1) is 14.5. The lowest BCUT2D eigenvalue weighted by atomic mass is 10.1. The molecule has 1 atom stereocenters. The first kappa shape index (κ1) is 21.7. The molecule has 158 valence electrons. The van der Waals surface area contributed by atoms with Gasteiger partial charge in [0.15, 0.2) is 0 Å². The van der Waals surface area contributed by atoms with Crippen molar-refractivity contribution in [2.75, 3.05) is 44.2 Å². The van der Waals surface area contributed by atoms with Crippen molar-refractivity contribution in [2.45, 2.75) is 6.10 Å². The number of β-amino-alcohol motifs (C(OH)–C–C–N with tert-alkyl or cyclic N) is 1. The van der Waals surface area contributed by atoms with E-state index in [9.17, 15) is 5.11 Å². The number of hydrogen-bond acceptors (Lipinski definition) is 4. The first-order valence-electron chi connectivity index (χ1n) is 9.90. The SMILES string of the molecule is O[C@@H](COc1ccc2cc(Br)ccc2c1)CN1CCN(c2cc(Cl)ccc2Cl)CC1. The second-order valence-electron chi connectivity index (χ2n) is 7.50. The van der Waals surface area contributed by atoms with Crippen molar-refractivity contribution in [3.63, 3.8) is 0 Å². The molecule has 1 fully saturated rings. The van der Waals surface area contributed by atoms with Crippen molar-refractivity contribution in [1.29, 1.82) is 0 Å². The average molecular weight is 510 g/mol. The van der Waals surface area contributed by atoms with Crippen LogP contribution in [0.3, 0.4) is 0 Å². The van der Waals surface area contributed by atoms with Crippen LogP contribution >= 0.6 is 39.1 Å². The topological polar surface area (TPSA) is 35.9 Å². The van der Waals surface area contributed by atoms with Gasteiger partial charge in [0.25, 0.3) is 0 Å². The Balaban J connectivity index is 1.26. The molecule has 0 saturated carbocycles. The summed E-state index contributed by atoms with van der Waals surface area (Å²) in [6.07, 6.45) is -0.549. The van der Waals surface area contributed by atoms with Crippen LogP contribution in [0.25, 0.3) is 10.8 Å². The number of aliphatic hydroxyl groups excluding tert-OH is 1. The van der Waals surface area contributed by atoms with Crippen LogP contribution in [0.5, 0.6) is 5.75 Å². The number of rotatable bonds is 6. The lowest BCUT2D eigenvalue weighted by molar-refractivity contribution is 0.0663. The Kier molecular flexibility index (Phi) is 7.06. The van der Waals surface area contributed by atoms with Gasteiger partial charge in [0.2, 0.25) is 0 Å². The van der Waals surface area contributed by atoms with Gasteiger partial charge in [-0.2, -0.15) is 0 Å². The summed E-state index contributed by atoms with van der Waals surface area (Å²) in [6, 6.07) is 17.6. The number of nitrogens with zero attached hydrogens (tertiary/aromatic N) is 2. The fraction of sp³-hybridized carbons (Fsp3) is 0.304. The zero-order valence-corrected chi connectivity index (χ0v) is 19.5. The minimum Gasteiger partial charge on any atom is -0.491 e. The van der Waals surface area contributed by atoms with Crippen LogP contribution in [0.1, 0.15) is 0 Å². The summed E-state index contributed by atoms with van der Waals surface area (Å²) in [6.45, 7) is 4.23. The van der Waals surface area contributed by atoms with Crippen LogP contribution in [0.2, 0.25) is 10.0 Å². The summed E-state index contributed by atoms with van der Waals surface area (Å²) in [5.74, 6) is 0.768. The van der Waals surface area contributed by atoms with Crippen LogP contribution in [0, 0.1) is 0 Å². The highest BCUT2D eigenvalue weighted by Gasteiger charge is 2.21. The highest BCUT2D eigenvalue weighted by atomic mass is 79.9. The molecule has 0 spiro atoms. The summed E-state index contributed by atoms with van der Waals surface area (Å²) in [5, 5.41) is 14.1. The summed E-state index contributed by atoms with van der Waals surface area (Å²) in [5.41, 5.74) is 0.969. The second kappa shape index (κ2) is 9.75. The van der Waals surface area contributed by atoms with Gasteiger partial charge in [-0.15, -0.1) is 0 Å². The molecule has 4 nitrogen and oxygen atoms in total. The monoisotopic (exact) mass is 508 g/mol. The molecule has 1 aliphatic heterocycles. The van der Waals surface area contributed by atoms with Gasteiger partial charge >= 0.3 is 0 Å². The quantitative estimate of drug-likeness (QED) is 0.478. The molecule has 1 saturated heterocycles.